The van der Waals surface area contributed by atoms with Crippen molar-refractivity contribution in [2.45, 2.75) is 27.7 Å². The lowest BCUT2D eigenvalue weighted by atomic mass is 9.98. The first-order chi connectivity index (χ1) is 10.4. The van der Waals surface area contributed by atoms with E-state index in [1.807, 2.05) is 13.8 Å². The number of nitrogens with one attached hydrogen (secondary N) is 1. The van der Waals surface area contributed by atoms with Crippen molar-refractivity contribution in [2.24, 2.45) is 5.10 Å². The van der Waals surface area contributed by atoms with Gasteiger partial charge >= 0.3 is 0 Å². The minimum Gasteiger partial charge on any atom is -0.508 e. The van der Waals surface area contributed by atoms with Gasteiger partial charge in [0.05, 0.1) is 5.71 Å². The maximum Gasteiger partial charge on any atom is 0.271 e. The summed E-state index contributed by atoms with van der Waals surface area (Å²) in [7, 11) is 0. The zero-order valence-electron chi connectivity index (χ0n) is 13.3. The molecule has 0 aromatic heterocycles. The molecule has 2 N–H and O–H groups in total. The van der Waals surface area contributed by atoms with Crippen LogP contribution in [0.5, 0.6) is 5.75 Å². The fourth-order valence-corrected chi connectivity index (χ4v) is 2.22. The van der Waals surface area contributed by atoms with Gasteiger partial charge in [-0.05, 0) is 74.7 Å². The van der Waals surface area contributed by atoms with E-state index in [4.69, 9.17) is 0 Å². The number of phenolic OH excluding ortho intramolecular Hbond substituents is 1. The normalized spacial score (nSPS) is 11.4. The van der Waals surface area contributed by atoms with Gasteiger partial charge in [-0.25, -0.2) is 5.43 Å². The Kier molecular flexibility index (Phi) is 4.61. The molecular formula is C18H20N2O2. The maximum atomic E-state index is 12.0. The molecule has 0 heterocycles. The Labute approximate surface area is 130 Å². The number of aromatic hydroxyl groups is 1. The van der Waals surface area contributed by atoms with Gasteiger partial charge in [0.2, 0.25) is 0 Å². The Morgan fingerprint density at radius 3 is 2.23 bits per heavy atom. The highest BCUT2D eigenvalue weighted by Crippen LogP contribution is 2.16. The molecule has 0 aliphatic carbocycles. The topological polar surface area (TPSA) is 61.7 Å². The predicted octanol–water partition coefficient (Wildman–Crippen LogP) is 3.47. The van der Waals surface area contributed by atoms with Gasteiger partial charge in [0.15, 0.2) is 0 Å². The summed E-state index contributed by atoms with van der Waals surface area (Å²) in [6.45, 7) is 8.03. The molecule has 0 saturated carbocycles. The monoisotopic (exact) mass is 296 g/mol. The molecule has 0 fully saturated rings. The van der Waals surface area contributed by atoms with Crippen molar-refractivity contribution in [1.29, 1.82) is 0 Å². The zero-order chi connectivity index (χ0) is 16.3. The van der Waals surface area contributed by atoms with Crippen molar-refractivity contribution in [3.05, 3.63) is 64.2 Å². The minimum atomic E-state index is -0.305. The number of rotatable bonds is 3. The van der Waals surface area contributed by atoms with Gasteiger partial charge in [0, 0.05) is 11.1 Å². The zero-order valence-corrected chi connectivity index (χ0v) is 13.3. The van der Waals surface area contributed by atoms with Crippen LogP contribution >= 0.6 is 0 Å². The van der Waals surface area contributed by atoms with Crippen molar-refractivity contribution in [2.75, 3.05) is 0 Å². The number of aryl methyl sites for hydroxylation is 3. The number of carbonyl (C=O) groups excluding carboxylic acids is 1. The highest BCUT2D eigenvalue weighted by Gasteiger charge is 2.07. The number of phenols is 1. The van der Waals surface area contributed by atoms with Crippen LogP contribution in [-0.4, -0.2) is 16.7 Å². The smallest absolute Gasteiger partial charge is 0.271 e. The Balaban J connectivity index is 2.17. The lowest BCUT2D eigenvalue weighted by Crippen LogP contribution is -2.19. The van der Waals surface area contributed by atoms with Gasteiger partial charge < -0.3 is 5.11 Å². The largest absolute Gasteiger partial charge is 0.508 e. The number of benzene rings is 2. The van der Waals surface area contributed by atoms with E-state index in [0.29, 0.717) is 5.56 Å². The fraction of sp³-hybridized carbons (Fsp3) is 0.222. The molecule has 4 nitrogen and oxygen atoms in total. The molecule has 22 heavy (non-hydrogen) atoms. The van der Waals surface area contributed by atoms with Crippen molar-refractivity contribution >= 4 is 11.6 Å². The number of hydrazone groups is 1. The van der Waals surface area contributed by atoms with Gasteiger partial charge in [-0.3, -0.25) is 4.79 Å². The van der Waals surface area contributed by atoms with Gasteiger partial charge in [0.25, 0.3) is 5.91 Å². The van der Waals surface area contributed by atoms with Gasteiger partial charge in [0.1, 0.15) is 5.75 Å². The summed E-state index contributed by atoms with van der Waals surface area (Å²) in [5.41, 5.74) is 8.34. The summed E-state index contributed by atoms with van der Waals surface area (Å²) < 4.78 is 0. The summed E-state index contributed by atoms with van der Waals surface area (Å²) in [4.78, 5) is 12.0. The van der Waals surface area contributed by atoms with E-state index < -0.39 is 0 Å². The Hall–Kier alpha value is -2.62. The molecule has 1 amide bonds. The molecule has 0 spiro atoms. The Morgan fingerprint density at radius 1 is 1.00 bits per heavy atom. The first-order valence-corrected chi connectivity index (χ1v) is 7.10. The Bertz CT molecular complexity index is 731. The van der Waals surface area contributed by atoms with Crippen LogP contribution < -0.4 is 5.43 Å². The van der Waals surface area contributed by atoms with Crippen LogP contribution in [0.4, 0.5) is 0 Å². The average molecular weight is 296 g/mol. The lowest BCUT2D eigenvalue weighted by molar-refractivity contribution is 0.0955. The molecule has 2 aromatic rings. The molecule has 0 saturated heterocycles. The summed E-state index contributed by atoms with van der Waals surface area (Å²) in [6.07, 6.45) is 0. The van der Waals surface area contributed by atoms with E-state index in [2.05, 4.69) is 36.5 Å². The van der Waals surface area contributed by atoms with Crippen LogP contribution in [0.1, 0.15) is 39.5 Å². The fourth-order valence-electron chi connectivity index (χ4n) is 2.22. The van der Waals surface area contributed by atoms with E-state index in [-0.39, 0.29) is 11.7 Å². The highest BCUT2D eigenvalue weighted by molar-refractivity contribution is 6.02. The molecule has 114 valence electrons. The number of hydrogen-bond donors (Lipinski definition) is 2. The maximum absolute atomic E-state index is 12.0. The molecule has 0 atom stereocenters. The quantitative estimate of drug-likeness (QED) is 0.673. The van der Waals surface area contributed by atoms with Crippen molar-refractivity contribution in [1.82, 2.24) is 5.43 Å². The predicted molar refractivity (Wildman–Crippen MR) is 88.4 cm³/mol. The molecule has 0 aliphatic heterocycles. The van der Waals surface area contributed by atoms with Crippen LogP contribution in [0.2, 0.25) is 0 Å². The molecular weight excluding hydrogens is 276 g/mol. The van der Waals surface area contributed by atoms with E-state index >= 15 is 0 Å². The third-order valence-corrected chi connectivity index (χ3v) is 3.69. The second-order valence-corrected chi connectivity index (χ2v) is 5.44. The van der Waals surface area contributed by atoms with Crippen molar-refractivity contribution in [3.8, 4) is 5.75 Å². The van der Waals surface area contributed by atoms with Crippen LogP contribution in [0.25, 0.3) is 0 Å². The number of hydrogen-bond acceptors (Lipinski definition) is 3. The van der Waals surface area contributed by atoms with Crippen molar-refractivity contribution in [3.63, 3.8) is 0 Å². The standard InChI is InChI=1S/C18H20N2O2/c1-11-9-13(3)17(10-12(11)2)14(4)19-20-18(22)15-5-7-16(21)8-6-15/h5-10,21H,1-4H3,(H,20,22)/b19-14-. The number of nitrogens with zero attached hydrogens (tertiary/aromatic N) is 1. The third kappa shape index (κ3) is 3.52. The first kappa shape index (κ1) is 15.8. The second kappa shape index (κ2) is 6.43. The van der Waals surface area contributed by atoms with Gasteiger partial charge in [-0.2, -0.15) is 5.10 Å². The van der Waals surface area contributed by atoms with Gasteiger partial charge in [-0.15, -0.1) is 0 Å². The highest BCUT2D eigenvalue weighted by atomic mass is 16.3. The second-order valence-electron chi connectivity index (χ2n) is 5.44. The van der Waals surface area contributed by atoms with E-state index in [0.717, 1.165) is 16.8 Å². The molecule has 2 rings (SSSR count). The van der Waals surface area contributed by atoms with E-state index in [1.54, 1.807) is 12.1 Å². The van der Waals surface area contributed by atoms with E-state index in [1.165, 1.54) is 23.3 Å². The summed E-state index contributed by atoms with van der Waals surface area (Å²) in [5, 5.41) is 13.4. The minimum absolute atomic E-state index is 0.127. The molecule has 0 unspecified atom stereocenters. The van der Waals surface area contributed by atoms with Gasteiger partial charge in [-0.1, -0.05) is 6.07 Å². The number of carbonyl (C=O) groups is 1. The Morgan fingerprint density at radius 2 is 1.59 bits per heavy atom. The average Bonchev–Trinajstić information content (AvgIpc) is 2.49. The SMILES string of the molecule is C/C(=N/NC(=O)c1ccc(O)cc1)c1cc(C)c(C)cc1C. The van der Waals surface area contributed by atoms with Crippen LogP contribution in [0.15, 0.2) is 41.5 Å². The van der Waals surface area contributed by atoms with E-state index in [9.17, 15) is 9.90 Å². The molecule has 4 heteroatoms. The molecule has 2 aromatic carbocycles. The molecule has 0 aliphatic rings. The van der Waals surface area contributed by atoms with Crippen LogP contribution in [0.3, 0.4) is 0 Å². The summed E-state index contributed by atoms with van der Waals surface area (Å²) >= 11 is 0. The third-order valence-electron chi connectivity index (χ3n) is 3.69. The summed E-state index contributed by atoms with van der Waals surface area (Å²) in [5.74, 6) is -0.178. The van der Waals surface area contributed by atoms with Crippen LogP contribution in [0, 0.1) is 20.8 Å². The first-order valence-electron chi connectivity index (χ1n) is 7.10. The molecule has 0 radical (unpaired) electrons. The lowest BCUT2D eigenvalue weighted by Gasteiger charge is -2.10. The van der Waals surface area contributed by atoms with Crippen molar-refractivity contribution < 1.29 is 9.90 Å². The molecule has 0 bridgehead atoms. The summed E-state index contributed by atoms with van der Waals surface area (Å²) in [6, 6.07) is 10.2. The number of amides is 1. The van der Waals surface area contributed by atoms with Crippen LogP contribution in [-0.2, 0) is 0 Å².